The van der Waals surface area contributed by atoms with Crippen molar-refractivity contribution in [3.8, 4) is 0 Å². The van der Waals surface area contributed by atoms with E-state index in [9.17, 15) is 4.39 Å². The summed E-state index contributed by atoms with van der Waals surface area (Å²) in [5.41, 5.74) is 0. The Kier molecular flexibility index (Phi) is 9.89. The molecule has 80 valence electrons. The summed E-state index contributed by atoms with van der Waals surface area (Å²) in [6.45, 7) is 1.95. The van der Waals surface area contributed by atoms with Gasteiger partial charge in [0.25, 0.3) is 0 Å². The Morgan fingerprint density at radius 1 is 0.923 bits per heavy atom. The number of hydrogen-bond donors (Lipinski definition) is 1. The van der Waals surface area contributed by atoms with Gasteiger partial charge in [-0.05, 0) is 19.8 Å². The number of halogens is 1. The average molecular weight is 190 g/mol. The normalized spacial score (nSPS) is 13.2. The molecule has 0 radical (unpaired) electrons. The first-order valence-corrected chi connectivity index (χ1v) is 5.52. The minimum absolute atomic E-state index is 0.319. The number of rotatable bonds is 9. The lowest BCUT2D eigenvalue weighted by Crippen LogP contribution is -1.91. The largest absolute Gasteiger partial charge is 0.396 e. The summed E-state index contributed by atoms with van der Waals surface area (Å²) in [6, 6.07) is 0. The second kappa shape index (κ2) is 9.97. The molecule has 1 nitrogen and oxygen atoms in total. The molecular formula is C11H23FO. The summed E-state index contributed by atoms with van der Waals surface area (Å²) in [5.74, 6) is 0. The Hall–Kier alpha value is -0.110. The molecule has 0 aliphatic carbocycles. The second-order valence-corrected chi connectivity index (χ2v) is 3.77. The highest BCUT2D eigenvalue weighted by Crippen LogP contribution is 2.10. The van der Waals surface area contributed by atoms with Crippen molar-refractivity contribution in [1.29, 1.82) is 0 Å². The molecule has 0 bridgehead atoms. The molecule has 0 heterocycles. The zero-order chi connectivity index (χ0) is 9.94. The summed E-state index contributed by atoms with van der Waals surface area (Å²) >= 11 is 0. The van der Waals surface area contributed by atoms with E-state index in [0.717, 1.165) is 32.1 Å². The predicted molar refractivity (Wildman–Crippen MR) is 54.6 cm³/mol. The van der Waals surface area contributed by atoms with Crippen molar-refractivity contribution in [2.75, 3.05) is 6.61 Å². The van der Waals surface area contributed by atoms with Crippen LogP contribution in [0.1, 0.15) is 58.3 Å². The zero-order valence-electron chi connectivity index (χ0n) is 8.77. The van der Waals surface area contributed by atoms with Crippen molar-refractivity contribution in [3.05, 3.63) is 0 Å². The van der Waals surface area contributed by atoms with Crippen LogP contribution in [-0.2, 0) is 0 Å². The Labute approximate surface area is 81.3 Å². The monoisotopic (exact) mass is 190 g/mol. The van der Waals surface area contributed by atoms with Crippen LogP contribution in [0, 0.1) is 0 Å². The lowest BCUT2D eigenvalue weighted by Gasteiger charge is -2.02. The molecule has 1 unspecified atom stereocenters. The van der Waals surface area contributed by atoms with Crippen LogP contribution in [0.5, 0.6) is 0 Å². The fraction of sp³-hybridized carbons (Fsp3) is 1.00. The first-order valence-electron chi connectivity index (χ1n) is 5.52. The van der Waals surface area contributed by atoms with Crippen molar-refractivity contribution in [1.82, 2.24) is 0 Å². The number of hydrogen-bond acceptors (Lipinski definition) is 1. The first-order chi connectivity index (χ1) is 6.27. The van der Waals surface area contributed by atoms with Gasteiger partial charge in [-0.1, -0.05) is 38.5 Å². The quantitative estimate of drug-likeness (QED) is 0.552. The number of aliphatic hydroxyl groups excluding tert-OH is 1. The van der Waals surface area contributed by atoms with Crippen molar-refractivity contribution in [2.45, 2.75) is 64.5 Å². The maximum atomic E-state index is 12.3. The summed E-state index contributed by atoms with van der Waals surface area (Å²) in [7, 11) is 0. The Bertz CT molecular complexity index is 94.1. The maximum Gasteiger partial charge on any atom is 0.0973 e. The third kappa shape index (κ3) is 11.9. The van der Waals surface area contributed by atoms with Crippen LogP contribution in [0.4, 0.5) is 4.39 Å². The molecule has 0 saturated carbocycles. The molecule has 0 spiro atoms. The predicted octanol–water partition coefficient (Wildman–Crippen LogP) is 3.46. The first kappa shape index (κ1) is 12.9. The maximum absolute atomic E-state index is 12.3. The molecule has 0 fully saturated rings. The van der Waals surface area contributed by atoms with Gasteiger partial charge in [-0.3, -0.25) is 0 Å². The standard InChI is InChI=1S/C11H23FO/c1-11(12)9-7-5-3-2-4-6-8-10-13/h11,13H,2-10H2,1H3. The molecule has 0 aromatic heterocycles. The van der Waals surface area contributed by atoms with Gasteiger partial charge in [0.15, 0.2) is 0 Å². The Morgan fingerprint density at radius 2 is 1.38 bits per heavy atom. The van der Waals surface area contributed by atoms with Crippen LogP contribution in [0.15, 0.2) is 0 Å². The molecule has 1 atom stereocenters. The Morgan fingerprint density at radius 3 is 1.85 bits per heavy atom. The molecule has 0 aromatic carbocycles. The highest BCUT2D eigenvalue weighted by Gasteiger charge is 1.97. The second-order valence-electron chi connectivity index (χ2n) is 3.77. The summed E-state index contributed by atoms with van der Waals surface area (Å²) in [5, 5.41) is 8.53. The van der Waals surface area contributed by atoms with Gasteiger partial charge in [-0.2, -0.15) is 0 Å². The molecule has 2 heteroatoms. The van der Waals surface area contributed by atoms with Gasteiger partial charge >= 0.3 is 0 Å². The summed E-state index contributed by atoms with van der Waals surface area (Å²) in [6.07, 6.45) is 8.01. The van der Waals surface area contributed by atoms with Crippen LogP contribution in [0.3, 0.4) is 0 Å². The SMILES string of the molecule is CC(F)CCCCCCCCCO. The van der Waals surface area contributed by atoms with Crippen LogP contribution in [-0.4, -0.2) is 17.9 Å². The fourth-order valence-corrected chi connectivity index (χ4v) is 1.42. The number of unbranched alkanes of at least 4 members (excludes halogenated alkanes) is 6. The van der Waals surface area contributed by atoms with E-state index in [0.29, 0.717) is 6.61 Å². The molecule has 0 aliphatic rings. The molecule has 0 aromatic rings. The van der Waals surface area contributed by atoms with Crippen molar-refractivity contribution in [3.63, 3.8) is 0 Å². The van der Waals surface area contributed by atoms with Gasteiger partial charge in [0, 0.05) is 6.61 Å². The van der Waals surface area contributed by atoms with Crippen molar-refractivity contribution < 1.29 is 9.50 Å². The molecule has 0 saturated heterocycles. The number of alkyl halides is 1. The lowest BCUT2D eigenvalue weighted by atomic mass is 10.1. The molecule has 0 aliphatic heterocycles. The van der Waals surface area contributed by atoms with E-state index < -0.39 is 6.17 Å². The molecular weight excluding hydrogens is 167 g/mol. The van der Waals surface area contributed by atoms with Crippen LogP contribution < -0.4 is 0 Å². The van der Waals surface area contributed by atoms with Gasteiger partial charge in [0.1, 0.15) is 0 Å². The van der Waals surface area contributed by atoms with Crippen LogP contribution in [0.2, 0.25) is 0 Å². The minimum Gasteiger partial charge on any atom is -0.396 e. The lowest BCUT2D eigenvalue weighted by molar-refractivity contribution is 0.282. The van der Waals surface area contributed by atoms with Gasteiger partial charge in [0.2, 0.25) is 0 Å². The van der Waals surface area contributed by atoms with Crippen molar-refractivity contribution >= 4 is 0 Å². The zero-order valence-corrected chi connectivity index (χ0v) is 8.77. The van der Waals surface area contributed by atoms with E-state index in [1.165, 1.54) is 19.3 Å². The highest BCUT2D eigenvalue weighted by molar-refractivity contribution is 4.50. The van der Waals surface area contributed by atoms with Gasteiger partial charge in [-0.25, -0.2) is 4.39 Å². The molecule has 13 heavy (non-hydrogen) atoms. The Balaban J connectivity index is 2.84. The molecule has 0 amide bonds. The summed E-state index contributed by atoms with van der Waals surface area (Å²) < 4.78 is 12.3. The molecule has 0 rings (SSSR count). The third-order valence-corrected chi connectivity index (χ3v) is 2.26. The van der Waals surface area contributed by atoms with E-state index >= 15 is 0 Å². The van der Waals surface area contributed by atoms with E-state index in [-0.39, 0.29) is 0 Å². The van der Waals surface area contributed by atoms with E-state index in [4.69, 9.17) is 5.11 Å². The minimum atomic E-state index is -0.630. The highest BCUT2D eigenvalue weighted by atomic mass is 19.1. The third-order valence-electron chi connectivity index (χ3n) is 2.26. The van der Waals surface area contributed by atoms with Crippen molar-refractivity contribution in [2.24, 2.45) is 0 Å². The summed E-state index contributed by atoms with van der Waals surface area (Å²) in [4.78, 5) is 0. The van der Waals surface area contributed by atoms with Gasteiger partial charge < -0.3 is 5.11 Å². The van der Waals surface area contributed by atoms with Crippen LogP contribution in [0.25, 0.3) is 0 Å². The van der Waals surface area contributed by atoms with Gasteiger partial charge in [0.05, 0.1) is 6.17 Å². The van der Waals surface area contributed by atoms with Gasteiger partial charge in [-0.15, -0.1) is 0 Å². The van der Waals surface area contributed by atoms with E-state index in [2.05, 4.69) is 0 Å². The fourth-order valence-electron chi connectivity index (χ4n) is 1.42. The number of aliphatic hydroxyl groups is 1. The topological polar surface area (TPSA) is 20.2 Å². The smallest absolute Gasteiger partial charge is 0.0973 e. The van der Waals surface area contributed by atoms with Crippen LogP contribution >= 0.6 is 0 Å². The van der Waals surface area contributed by atoms with E-state index in [1.807, 2.05) is 0 Å². The average Bonchev–Trinajstić information content (AvgIpc) is 2.09. The van der Waals surface area contributed by atoms with E-state index in [1.54, 1.807) is 6.92 Å². The molecule has 1 N–H and O–H groups in total.